The van der Waals surface area contributed by atoms with Crippen molar-refractivity contribution < 1.29 is 9.52 Å². The predicted molar refractivity (Wildman–Crippen MR) is 92.9 cm³/mol. The Labute approximate surface area is 140 Å². The lowest BCUT2D eigenvalue weighted by Gasteiger charge is -2.11. The van der Waals surface area contributed by atoms with Gasteiger partial charge in [0.15, 0.2) is 5.96 Å². The standard InChI is InChI=1S/C16H24N4O2S/c1-4-17-16(19-10-13(21)14-6-5-9-22-14)18-8-7-15-20-11(2)12(3)23-15/h5-6,9,13,21H,4,7-8,10H2,1-3H3,(H2,17,18,19). The lowest BCUT2D eigenvalue weighted by Crippen LogP contribution is -2.38. The summed E-state index contributed by atoms with van der Waals surface area (Å²) < 4.78 is 5.17. The molecule has 126 valence electrons. The smallest absolute Gasteiger partial charge is 0.191 e. The number of rotatable bonds is 7. The molecule has 0 saturated carbocycles. The zero-order chi connectivity index (χ0) is 16.7. The minimum absolute atomic E-state index is 0.248. The Morgan fingerprint density at radius 1 is 1.43 bits per heavy atom. The average molecular weight is 336 g/mol. The Morgan fingerprint density at radius 2 is 2.26 bits per heavy atom. The van der Waals surface area contributed by atoms with Crippen LogP contribution in [0.5, 0.6) is 0 Å². The van der Waals surface area contributed by atoms with Crippen LogP contribution in [0.1, 0.15) is 34.4 Å². The molecular formula is C16H24N4O2S. The minimum Gasteiger partial charge on any atom is -0.467 e. The van der Waals surface area contributed by atoms with Crippen molar-refractivity contribution in [3.63, 3.8) is 0 Å². The third-order valence-electron chi connectivity index (χ3n) is 3.34. The fourth-order valence-corrected chi connectivity index (χ4v) is 2.96. The lowest BCUT2D eigenvalue weighted by atomic mass is 10.3. The van der Waals surface area contributed by atoms with Gasteiger partial charge in [-0.1, -0.05) is 0 Å². The van der Waals surface area contributed by atoms with Crippen LogP contribution >= 0.6 is 11.3 Å². The molecule has 0 saturated heterocycles. The van der Waals surface area contributed by atoms with Gasteiger partial charge in [0, 0.05) is 24.4 Å². The first-order valence-electron chi connectivity index (χ1n) is 7.76. The SMILES string of the molecule is CCNC(=NCC(O)c1ccco1)NCCc1nc(C)c(C)s1. The van der Waals surface area contributed by atoms with Crippen LogP contribution < -0.4 is 10.6 Å². The van der Waals surface area contributed by atoms with Crippen molar-refractivity contribution in [3.8, 4) is 0 Å². The normalized spacial score (nSPS) is 13.1. The van der Waals surface area contributed by atoms with Crippen molar-refractivity contribution >= 4 is 17.3 Å². The third kappa shape index (κ3) is 5.37. The zero-order valence-electron chi connectivity index (χ0n) is 13.8. The summed E-state index contributed by atoms with van der Waals surface area (Å²) in [5, 5.41) is 17.6. The maximum Gasteiger partial charge on any atom is 0.191 e. The molecule has 0 aromatic carbocycles. The van der Waals surface area contributed by atoms with Crippen molar-refractivity contribution in [3.05, 3.63) is 39.7 Å². The van der Waals surface area contributed by atoms with Gasteiger partial charge < -0.3 is 20.2 Å². The fourth-order valence-electron chi connectivity index (χ4n) is 2.02. The van der Waals surface area contributed by atoms with E-state index in [1.165, 1.54) is 4.88 Å². The second-order valence-corrected chi connectivity index (χ2v) is 6.46. The number of aliphatic hydroxyl groups is 1. The van der Waals surface area contributed by atoms with E-state index in [1.807, 2.05) is 13.8 Å². The number of aliphatic imine (C=N–C) groups is 1. The van der Waals surface area contributed by atoms with E-state index in [9.17, 15) is 5.11 Å². The van der Waals surface area contributed by atoms with Gasteiger partial charge in [-0.05, 0) is 32.9 Å². The highest BCUT2D eigenvalue weighted by molar-refractivity contribution is 7.11. The molecule has 1 atom stereocenters. The monoisotopic (exact) mass is 336 g/mol. The van der Waals surface area contributed by atoms with Crippen LogP contribution in [0, 0.1) is 13.8 Å². The largest absolute Gasteiger partial charge is 0.467 e. The Balaban J connectivity index is 1.83. The number of hydrogen-bond donors (Lipinski definition) is 3. The van der Waals surface area contributed by atoms with Crippen molar-refractivity contribution in [2.45, 2.75) is 33.3 Å². The van der Waals surface area contributed by atoms with Crippen LogP contribution in [0.3, 0.4) is 0 Å². The Hall–Kier alpha value is -1.86. The van der Waals surface area contributed by atoms with Gasteiger partial charge >= 0.3 is 0 Å². The van der Waals surface area contributed by atoms with Crippen LogP contribution in [0.25, 0.3) is 0 Å². The van der Waals surface area contributed by atoms with Crippen molar-refractivity contribution in [1.29, 1.82) is 0 Å². The summed E-state index contributed by atoms with van der Waals surface area (Å²) in [5.74, 6) is 1.21. The van der Waals surface area contributed by atoms with Crippen molar-refractivity contribution in [1.82, 2.24) is 15.6 Å². The molecule has 2 aromatic heterocycles. The van der Waals surface area contributed by atoms with E-state index < -0.39 is 6.10 Å². The van der Waals surface area contributed by atoms with Gasteiger partial charge in [-0.3, -0.25) is 4.99 Å². The van der Waals surface area contributed by atoms with E-state index in [4.69, 9.17) is 4.42 Å². The van der Waals surface area contributed by atoms with E-state index >= 15 is 0 Å². The molecule has 2 heterocycles. The van der Waals surface area contributed by atoms with Gasteiger partial charge in [0.1, 0.15) is 11.9 Å². The Kier molecular flexibility index (Phi) is 6.61. The first-order valence-corrected chi connectivity index (χ1v) is 8.58. The van der Waals surface area contributed by atoms with Crippen LogP contribution in [0.4, 0.5) is 0 Å². The molecule has 2 aromatic rings. The van der Waals surface area contributed by atoms with Crippen LogP contribution in [-0.2, 0) is 6.42 Å². The average Bonchev–Trinajstić information content (AvgIpc) is 3.15. The molecule has 0 aliphatic rings. The zero-order valence-corrected chi connectivity index (χ0v) is 14.6. The number of furan rings is 1. The van der Waals surface area contributed by atoms with Gasteiger partial charge in [0.2, 0.25) is 0 Å². The summed E-state index contributed by atoms with van der Waals surface area (Å²) in [7, 11) is 0. The number of nitrogens with one attached hydrogen (secondary N) is 2. The lowest BCUT2D eigenvalue weighted by molar-refractivity contribution is 0.158. The molecule has 0 aliphatic carbocycles. The van der Waals surface area contributed by atoms with E-state index in [1.54, 1.807) is 29.7 Å². The van der Waals surface area contributed by atoms with Crippen LogP contribution in [0.15, 0.2) is 27.8 Å². The van der Waals surface area contributed by atoms with Crippen molar-refractivity contribution in [2.24, 2.45) is 4.99 Å². The molecule has 0 fully saturated rings. The third-order valence-corrected chi connectivity index (χ3v) is 4.47. The first kappa shape index (κ1) is 17.5. The van der Waals surface area contributed by atoms with Gasteiger partial charge in [-0.2, -0.15) is 0 Å². The van der Waals surface area contributed by atoms with E-state index in [0.29, 0.717) is 11.7 Å². The maximum absolute atomic E-state index is 10.00. The maximum atomic E-state index is 10.00. The van der Waals surface area contributed by atoms with E-state index in [0.717, 1.165) is 30.2 Å². The van der Waals surface area contributed by atoms with Gasteiger partial charge in [0.05, 0.1) is 23.5 Å². The summed E-state index contributed by atoms with van der Waals surface area (Å²) in [6.07, 6.45) is 1.67. The summed E-state index contributed by atoms with van der Waals surface area (Å²) in [6.45, 7) is 7.88. The number of hydrogen-bond acceptors (Lipinski definition) is 5. The van der Waals surface area contributed by atoms with Gasteiger partial charge in [0.25, 0.3) is 0 Å². The molecule has 7 heteroatoms. The molecule has 0 aliphatic heterocycles. The number of aromatic nitrogens is 1. The Morgan fingerprint density at radius 3 is 2.87 bits per heavy atom. The molecule has 0 radical (unpaired) electrons. The highest BCUT2D eigenvalue weighted by Crippen LogP contribution is 2.16. The molecule has 0 spiro atoms. The summed E-state index contributed by atoms with van der Waals surface area (Å²) in [5.41, 5.74) is 1.10. The minimum atomic E-state index is -0.732. The molecule has 6 nitrogen and oxygen atoms in total. The second-order valence-electron chi connectivity index (χ2n) is 5.18. The quantitative estimate of drug-likeness (QED) is 0.533. The molecule has 0 amide bonds. The number of aryl methyl sites for hydroxylation is 2. The fraction of sp³-hybridized carbons (Fsp3) is 0.500. The molecular weight excluding hydrogens is 312 g/mol. The van der Waals surface area contributed by atoms with Gasteiger partial charge in [-0.25, -0.2) is 4.98 Å². The van der Waals surface area contributed by atoms with Crippen LogP contribution in [-0.4, -0.2) is 35.7 Å². The summed E-state index contributed by atoms with van der Waals surface area (Å²) >= 11 is 1.73. The molecule has 0 bridgehead atoms. The number of guanidine groups is 1. The van der Waals surface area contributed by atoms with E-state index in [2.05, 4.69) is 27.5 Å². The number of nitrogens with zero attached hydrogens (tertiary/aromatic N) is 2. The molecule has 2 rings (SSSR count). The first-order chi connectivity index (χ1) is 11.1. The highest BCUT2D eigenvalue weighted by Gasteiger charge is 2.10. The number of aliphatic hydroxyl groups excluding tert-OH is 1. The van der Waals surface area contributed by atoms with Crippen LogP contribution in [0.2, 0.25) is 0 Å². The summed E-state index contributed by atoms with van der Waals surface area (Å²) in [6, 6.07) is 3.50. The highest BCUT2D eigenvalue weighted by atomic mass is 32.1. The van der Waals surface area contributed by atoms with Gasteiger partial charge in [-0.15, -0.1) is 11.3 Å². The second kappa shape index (κ2) is 8.69. The predicted octanol–water partition coefficient (Wildman–Crippen LogP) is 2.18. The molecule has 23 heavy (non-hydrogen) atoms. The molecule has 1 unspecified atom stereocenters. The molecule has 3 N–H and O–H groups in total. The summed E-state index contributed by atoms with van der Waals surface area (Å²) in [4.78, 5) is 10.2. The number of thiazole rings is 1. The topological polar surface area (TPSA) is 82.7 Å². The van der Waals surface area contributed by atoms with E-state index in [-0.39, 0.29) is 6.54 Å². The Bertz CT molecular complexity index is 603. The van der Waals surface area contributed by atoms with Crippen molar-refractivity contribution in [2.75, 3.05) is 19.6 Å².